The van der Waals surface area contributed by atoms with Crippen LogP contribution in [0.15, 0.2) is 16.9 Å². The molecule has 0 aromatic carbocycles. The first kappa shape index (κ1) is 8.26. The lowest BCUT2D eigenvalue weighted by Gasteiger charge is -1.96. The molecule has 0 fully saturated rings. The van der Waals surface area contributed by atoms with E-state index in [1.807, 2.05) is 0 Å². The molecule has 0 atom stereocenters. The highest BCUT2D eigenvalue weighted by molar-refractivity contribution is 9.09. The van der Waals surface area contributed by atoms with Gasteiger partial charge in [-0.15, -0.1) is 0 Å². The van der Waals surface area contributed by atoms with Gasteiger partial charge in [-0.05, 0) is 0 Å². The van der Waals surface area contributed by atoms with Crippen LogP contribution in [0.4, 0.5) is 0 Å². The van der Waals surface area contributed by atoms with Gasteiger partial charge in [0.25, 0.3) is 0 Å². The molecule has 0 saturated heterocycles. The molecular weight excluding hydrogens is 214 g/mol. The summed E-state index contributed by atoms with van der Waals surface area (Å²) in [6, 6.07) is 1.45. The van der Waals surface area contributed by atoms with Gasteiger partial charge in [0.15, 0.2) is 5.69 Å². The van der Waals surface area contributed by atoms with E-state index in [2.05, 4.69) is 25.6 Å². The average molecular weight is 220 g/mol. The number of ether oxygens (including phenoxy) is 1. The maximum absolute atomic E-state index is 10.9. The molecule has 5 heteroatoms. The van der Waals surface area contributed by atoms with E-state index in [1.165, 1.54) is 12.3 Å². The Balaban J connectivity index is 2.43. The second kappa shape index (κ2) is 4.12. The third-order valence-corrected chi connectivity index (χ3v) is 1.28. The fourth-order valence-electron chi connectivity index (χ4n) is 0.523. The minimum atomic E-state index is -0.460. The second-order valence-corrected chi connectivity index (χ2v) is 2.50. The van der Waals surface area contributed by atoms with Crippen LogP contribution < -0.4 is 0 Å². The lowest BCUT2D eigenvalue weighted by molar-refractivity contribution is 0.0519. The van der Waals surface area contributed by atoms with Gasteiger partial charge in [-0.25, -0.2) is 4.79 Å². The molecule has 0 aliphatic rings. The van der Waals surface area contributed by atoms with Gasteiger partial charge in [0.05, 0.1) is 0 Å². The van der Waals surface area contributed by atoms with Crippen molar-refractivity contribution in [2.24, 2.45) is 0 Å². The molecule has 0 N–H and O–H groups in total. The van der Waals surface area contributed by atoms with Crippen LogP contribution in [0, 0.1) is 0 Å². The summed E-state index contributed by atoms with van der Waals surface area (Å²) >= 11 is 3.12. The molecule has 1 rings (SSSR count). The molecule has 11 heavy (non-hydrogen) atoms. The SMILES string of the molecule is O=C(OCCBr)c1ccon1. The monoisotopic (exact) mass is 219 g/mol. The van der Waals surface area contributed by atoms with Crippen LogP contribution in [-0.4, -0.2) is 23.1 Å². The van der Waals surface area contributed by atoms with Crippen LogP contribution in [0.25, 0.3) is 0 Å². The smallest absolute Gasteiger partial charge is 0.360 e. The summed E-state index contributed by atoms with van der Waals surface area (Å²) in [5.41, 5.74) is 0.200. The Morgan fingerprint density at radius 2 is 2.64 bits per heavy atom. The molecule has 1 aromatic rings. The van der Waals surface area contributed by atoms with Crippen LogP contribution in [0.1, 0.15) is 10.5 Å². The lowest BCUT2D eigenvalue weighted by Crippen LogP contribution is -2.06. The molecule has 1 aromatic heterocycles. The first-order valence-electron chi connectivity index (χ1n) is 2.98. The highest BCUT2D eigenvalue weighted by Crippen LogP contribution is 1.97. The maximum atomic E-state index is 10.9. The third kappa shape index (κ3) is 2.34. The highest BCUT2D eigenvalue weighted by Gasteiger charge is 2.08. The maximum Gasteiger partial charge on any atom is 0.360 e. The van der Waals surface area contributed by atoms with Crippen LogP contribution >= 0.6 is 15.9 Å². The van der Waals surface area contributed by atoms with Crippen molar-refractivity contribution in [1.82, 2.24) is 5.16 Å². The zero-order valence-corrected chi connectivity index (χ0v) is 7.20. The molecule has 0 radical (unpaired) electrons. The normalized spacial score (nSPS) is 9.55. The molecule has 60 valence electrons. The molecule has 1 heterocycles. The molecule has 0 aliphatic carbocycles. The third-order valence-electron chi connectivity index (χ3n) is 0.957. The van der Waals surface area contributed by atoms with E-state index in [1.54, 1.807) is 0 Å². The summed E-state index contributed by atoms with van der Waals surface area (Å²) in [4.78, 5) is 10.9. The number of halogens is 1. The summed E-state index contributed by atoms with van der Waals surface area (Å²) in [5.74, 6) is -0.460. The minimum Gasteiger partial charge on any atom is -0.460 e. The fraction of sp³-hybridized carbons (Fsp3) is 0.333. The van der Waals surface area contributed by atoms with Crippen molar-refractivity contribution >= 4 is 21.9 Å². The van der Waals surface area contributed by atoms with Gasteiger partial charge in [0.1, 0.15) is 12.9 Å². The number of rotatable bonds is 3. The van der Waals surface area contributed by atoms with E-state index in [-0.39, 0.29) is 5.69 Å². The second-order valence-electron chi connectivity index (χ2n) is 1.71. The zero-order chi connectivity index (χ0) is 8.10. The number of esters is 1. The minimum absolute atomic E-state index is 0.200. The first-order chi connectivity index (χ1) is 5.34. The van der Waals surface area contributed by atoms with Crippen molar-refractivity contribution in [2.45, 2.75) is 0 Å². The molecule has 4 nitrogen and oxygen atoms in total. The number of alkyl halides is 1. The summed E-state index contributed by atoms with van der Waals surface area (Å²) < 4.78 is 9.18. The first-order valence-corrected chi connectivity index (χ1v) is 4.10. The van der Waals surface area contributed by atoms with Gasteiger partial charge >= 0.3 is 5.97 Å². The van der Waals surface area contributed by atoms with Gasteiger partial charge in [0, 0.05) is 11.4 Å². The summed E-state index contributed by atoms with van der Waals surface area (Å²) in [7, 11) is 0. The van der Waals surface area contributed by atoms with E-state index >= 15 is 0 Å². The summed E-state index contributed by atoms with van der Waals surface area (Å²) in [5, 5.41) is 4.03. The van der Waals surface area contributed by atoms with E-state index in [9.17, 15) is 4.79 Å². The molecule has 0 unspecified atom stereocenters. The van der Waals surface area contributed by atoms with Gasteiger partial charge in [-0.1, -0.05) is 21.1 Å². The predicted octanol–water partition coefficient (Wildman–Crippen LogP) is 1.23. The topological polar surface area (TPSA) is 52.3 Å². The van der Waals surface area contributed by atoms with Crippen molar-refractivity contribution in [3.05, 3.63) is 18.0 Å². The molecule has 0 bridgehead atoms. The molecular formula is C6H6BrNO3. The number of hydrogen-bond acceptors (Lipinski definition) is 4. The van der Waals surface area contributed by atoms with E-state index in [4.69, 9.17) is 4.74 Å². The number of carbonyl (C=O) groups excluding carboxylic acids is 1. The van der Waals surface area contributed by atoms with E-state index in [0.29, 0.717) is 11.9 Å². The summed E-state index contributed by atoms with van der Waals surface area (Å²) in [6.45, 7) is 0.339. The van der Waals surface area contributed by atoms with Gasteiger partial charge in [-0.2, -0.15) is 0 Å². The molecule has 0 aliphatic heterocycles. The van der Waals surface area contributed by atoms with Crippen molar-refractivity contribution < 1.29 is 14.1 Å². The Hall–Kier alpha value is -0.840. The summed E-state index contributed by atoms with van der Waals surface area (Å²) in [6.07, 6.45) is 1.32. The van der Waals surface area contributed by atoms with E-state index < -0.39 is 5.97 Å². The van der Waals surface area contributed by atoms with Crippen LogP contribution in [0.3, 0.4) is 0 Å². The molecule has 0 saturated carbocycles. The number of carbonyl (C=O) groups is 1. The van der Waals surface area contributed by atoms with E-state index in [0.717, 1.165) is 0 Å². The molecule has 0 amide bonds. The Labute approximate surface area is 71.6 Å². The Bertz CT molecular complexity index is 222. The number of hydrogen-bond donors (Lipinski definition) is 0. The quantitative estimate of drug-likeness (QED) is 0.567. The average Bonchev–Trinajstić information content (AvgIpc) is 2.52. The van der Waals surface area contributed by atoms with Crippen LogP contribution in [-0.2, 0) is 4.74 Å². The van der Waals surface area contributed by atoms with Crippen LogP contribution in [0.5, 0.6) is 0 Å². The standard InChI is InChI=1S/C6H6BrNO3/c7-2-4-10-6(9)5-1-3-11-8-5/h1,3H,2,4H2. The zero-order valence-electron chi connectivity index (χ0n) is 5.62. The largest absolute Gasteiger partial charge is 0.460 e. The van der Waals surface area contributed by atoms with Gasteiger partial charge in [0.2, 0.25) is 0 Å². The van der Waals surface area contributed by atoms with Crippen LogP contribution in [0.2, 0.25) is 0 Å². The highest BCUT2D eigenvalue weighted by atomic mass is 79.9. The number of nitrogens with zero attached hydrogens (tertiary/aromatic N) is 1. The fourth-order valence-corrected chi connectivity index (χ4v) is 0.685. The molecule has 0 spiro atoms. The van der Waals surface area contributed by atoms with Crippen molar-refractivity contribution in [3.63, 3.8) is 0 Å². The lowest BCUT2D eigenvalue weighted by atomic mass is 10.4. The van der Waals surface area contributed by atoms with Gasteiger partial charge in [-0.3, -0.25) is 0 Å². The Morgan fingerprint density at radius 1 is 1.82 bits per heavy atom. The van der Waals surface area contributed by atoms with Crippen molar-refractivity contribution in [1.29, 1.82) is 0 Å². The Kier molecular flexibility index (Phi) is 3.10. The van der Waals surface area contributed by atoms with Crippen molar-refractivity contribution in [2.75, 3.05) is 11.9 Å². The van der Waals surface area contributed by atoms with Crippen molar-refractivity contribution in [3.8, 4) is 0 Å². The number of aromatic nitrogens is 1. The predicted molar refractivity (Wildman–Crippen MR) is 40.6 cm³/mol. The van der Waals surface area contributed by atoms with Gasteiger partial charge < -0.3 is 9.26 Å². The Morgan fingerprint density at radius 3 is 3.18 bits per heavy atom.